The summed E-state index contributed by atoms with van der Waals surface area (Å²) in [5.74, 6) is 6.65. The van der Waals surface area contributed by atoms with Gasteiger partial charge in [-0.05, 0) is 42.3 Å². The predicted octanol–water partition coefficient (Wildman–Crippen LogP) is 2.70. The van der Waals surface area contributed by atoms with Crippen molar-refractivity contribution in [1.82, 2.24) is 5.43 Å². The Labute approximate surface area is 123 Å². The van der Waals surface area contributed by atoms with Crippen molar-refractivity contribution in [3.8, 4) is 11.5 Å². The molecule has 21 heavy (non-hydrogen) atoms. The second-order valence-electron chi connectivity index (χ2n) is 4.72. The third-order valence-electron chi connectivity index (χ3n) is 3.43. The summed E-state index contributed by atoms with van der Waals surface area (Å²) < 4.78 is 24.2. The molecule has 0 amide bonds. The Morgan fingerprint density at radius 3 is 2.38 bits per heavy atom. The van der Waals surface area contributed by atoms with E-state index in [0.717, 1.165) is 16.9 Å². The fraction of sp³-hybridized carbons (Fsp3) is 0.250. The third kappa shape index (κ3) is 3.15. The third-order valence-corrected chi connectivity index (χ3v) is 3.43. The first-order chi connectivity index (χ1) is 10.1. The van der Waals surface area contributed by atoms with Crippen molar-refractivity contribution < 1.29 is 13.9 Å². The molecule has 0 aliphatic rings. The van der Waals surface area contributed by atoms with Crippen molar-refractivity contribution in [3.63, 3.8) is 0 Å². The number of methoxy groups -OCH3 is 2. The van der Waals surface area contributed by atoms with Gasteiger partial charge in [-0.2, -0.15) is 0 Å². The van der Waals surface area contributed by atoms with E-state index in [1.54, 1.807) is 20.3 Å². The number of ether oxygens (including phenoxy) is 2. The number of benzene rings is 2. The quantitative estimate of drug-likeness (QED) is 0.656. The van der Waals surface area contributed by atoms with E-state index in [1.807, 2.05) is 25.1 Å². The van der Waals surface area contributed by atoms with Crippen LogP contribution < -0.4 is 20.7 Å². The number of halogens is 1. The Hall–Kier alpha value is -2.11. The van der Waals surface area contributed by atoms with Crippen LogP contribution in [0.5, 0.6) is 11.5 Å². The summed E-state index contributed by atoms with van der Waals surface area (Å²) in [6, 6.07) is 9.69. The molecule has 2 aromatic carbocycles. The molecule has 0 saturated heterocycles. The largest absolute Gasteiger partial charge is 0.496 e. The van der Waals surface area contributed by atoms with E-state index in [4.69, 9.17) is 15.3 Å². The van der Waals surface area contributed by atoms with Gasteiger partial charge in [0.1, 0.15) is 17.3 Å². The fourth-order valence-electron chi connectivity index (χ4n) is 2.31. The molecule has 4 nitrogen and oxygen atoms in total. The van der Waals surface area contributed by atoms with E-state index in [0.29, 0.717) is 11.3 Å². The van der Waals surface area contributed by atoms with Crippen molar-refractivity contribution >= 4 is 0 Å². The van der Waals surface area contributed by atoms with E-state index in [2.05, 4.69) is 5.43 Å². The average molecular weight is 290 g/mol. The minimum absolute atomic E-state index is 0.342. The molecule has 0 spiro atoms. The normalized spacial score (nSPS) is 12.0. The zero-order valence-corrected chi connectivity index (χ0v) is 12.3. The monoisotopic (exact) mass is 290 g/mol. The number of rotatable bonds is 5. The highest BCUT2D eigenvalue weighted by molar-refractivity contribution is 5.45. The first-order valence-corrected chi connectivity index (χ1v) is 6.54. The summed E-state index contributed by atoms with van der Waals surface area (Å²) in [4.78, 5) is 0. The summed E-state index contributed by atoms with van der Waals surface area (Å²) in [5.41, 5.74) is 5.22. The maximum absolute atomic E-state index is 13.6. The van der Waals surface area contributed by atoms with Gasteiger partial charge in [-0.25, -0.2) is 9.82 Å². The van der Waals surface area contributed by atoms with Crippen molar-refractivity contribution in [3.05, 3.63) is 58.9 Å². The number of hydrogen-bond acceptors (Lipinski definition) is 4. The van der Waals surface area contributed by atoms with Crippen LogP contribution in [-0.2, 0) is 0 Å². The Morgan fingerprint density at radius 2 is 1.76 bits per heavy atom. The first-order valence-electron chi connectivity index (χ1n) is 6.54. The molecule has 5 heteroatoms. The molecule has 0 aliphatic carbocycles. The Morgan fingerprint density at radius 1 is 1.05 bits per heavy atom. The van der Waals surface area contributed by atoms with Crippen LogP contribution in [0.25, 0.3) is 0 Å². The van der Waals surface area contributed by atoms with E-state index in [9.17, 15) is 4.39 Å². The van der Waals surface area contributed by atoms with E-state index < -0.39 is 6.04 Å². The van der Waals surface area contributed by atoms with Crippen molar-refractivity contribution in [1.29, 1.82) is 0 Å². The summed E-state index contributed by atoms with van der Waals surface area (Å²) in [6.45, 7) is 1.95. The van der Waals surface area contributed by atoms with Gasteiger partial charge in [-0.3, -0.25) is 5.84 Å². The highest BCUT2D eigenvalue weighted by Crippen LogP contribution is 2.32. The fourth-order valence-corrected chi connectivity index (χ4v) is 2.31. The van der Waals surface area contributed by atoms with Crippen molar-refractivity contribution in [2.75, 3.05) is 14.2 Å². The van der Waals surface area contributed by atoms with Crippen LogP contribution in [0.3, 0.4) is 0 Å². The van der Waals surface area contributed by atoms with Crippen LogP contribution in [0.1, 0.15) is 22.7 Å². The Balaban J connectivity index is 2.51. The molecular formula is C16H19FN2O2. The van der Waals surface area contributed by atoms with Crippen LogP contribution in [0, 0.1) is 12.7 Å². The van der Waals surface area contributed by atoms with Gasteiger partial charge in [0, 0.05) is 5.56 Å². The SMILES string of the molecule is COc1cc(C(NN)c2cc(F)ccc2OC)ccc1C. The van der Waals surface area contributed by atoms with Crippen LogP contribution >= 0.6 is 0 Å². The molecule has 0 heterocycles. The molecule has 0 aliphatic heterocycles. The Bertz CT molecular complexity index is 632. The van der Waals surface area contributed by atoms with E-state index >= 15 is 0 Å². The highest BCUT2D eigenvalue weighted by Gasteiger charge is 2.19. The second-order valence-corrected chi connectivity index (χ2v) is 4.72. The van der Waals surface area contributed by atoms with E-state index in [1.165, 1.54) is 12.1 Å². The zero-order valence-electron chi connectivity index (χ0n) is 12.3. The summed E-state index contributed by atoms with van der Waals surface area (Å²) in [5, 5.41) is 0. The molecule has 1 unspecified atom stereocenters. The molecular weight excluding hydrogens is 271 g/mol. The zero-order chi connectivity index (χ0) is 15.4. The van der Waals surface area contributed by atoms with Crippen molar-refractivity contribution in [2.45, 2.75) is 13.0 Å². The van der Waals surface area contributed by atoms with Crippen LogP contribution in [0.15, 0.2) is 36.4 Å². The van der Waals surface area contributed by atoms with Gasteiger partial charge in [-0.15, -0.1) is 0 Å². The molecule has 3 N–H and O–H groups in total. The summed E-state index contributed by atoms with van der Waals surface area (Å²) in [7, 11) is 3.15. The van der Waals surface area contributed by atoms with Gasteiger partial charge < -0.3 is 9.47 Å². The maximum Gasteiger partial charge on any atom is 0.124 e. The number of nitrogens with two attached hydrogens (primary N) is 1. The lowest BCUT2D eigenvalue weighted by atomic mass is 9.97. The average Bonchev–Trinajstić information content (AvgIpc) is 2.50. The molecule has 2 aromatic rings. The smallest absolute Gasteiger partial charge is 0.124 e. The van der Waals surface area contributed by atoms with Crippen molar-refractivity contribution in [2.24, 2.45) is 5.84 Å². The number of hydrogen-bond donors (Lipinski definition) is 2. The lowest BCUT2D eigenvalue weighted by molar-refractivity contribution is 0.401. The standard InChI is InChI=1S/C16H19FN2O2/c1-10-4-5-11(8-15(10)21-3)16(19-18)13-9-12(17)6-7-14(13)20-2/h4-9,16,19H,18H2,1-3H3. The molecule has 1 atom stereocenters. The van der Waals surface area contributed by atoms with Gasteiger partial charge >= 0.3 is 0 Å². The second kappa shape index (κ2) is 6.56. The van der Waals surface area contributed by atoms with Gasteiger partial charge in [0.2, 0.25) is 0 Å². The molecule has 0 aromatic heterocycles. The van der Waals surface area contributed by atoms with Gasteiger partial charge in [0.25, 0.3) is 0 Å². The molecule has 2 rings (SSSR count). The van der Waals surface area contributed by atoms with Gasteiger partial charge in [-0.1, -0.05) is 12.1 Å². The molecule has 0 fully saturated rings. The number of aryl methyl sites for hydroxylation is 1. The summed E-state index contributed by atoms with van der Waals surface area (Å²) in [6.07, 6.45) is 0. The summed E-state index contributed by atoms with van der Waals surface area (Å²) >= 11 is 0. The molecule has 0 bridgehead atoms. The first kappa shape index (κ1) is 15.3. The van der Waals surface area contributed by atoms with Crippen LogP contribution in [0.2, 0.25) is 0 Å². The minimum Gasteiger partial charge on any atom is -0.496 e. The van der Waals surface area contributed by atoms with E-state index in [-0.39, 0.29) is 5.82 Å². The van der Waals surface area contributed by atoms with Gasteiger partial charge in [0.15, 0.2) is 0 Å². The maximum atomic E-state index is 13.6. The lowest BCUT2D eigenvalue weighted by Gasteiger charge is -2.20. The Kier molecular flexibility index (Phi) is 4.77. The molecule has 0 radical (unpaired) electrons. The topological polar surface area (TPSA) is 56.5 Å². The number of nitrogens with one attached hydrogen (secondary N) is 1. The number of hydrazine groups is 1. The molecule has 0 saturated carbocycles. The lowest BCUT2D eigenvalue weighted by Crippen LogP contribution is -2.29. The molecule has 112 valence electrons. The van der Waals surface area contributed by atoms with Crippen LogP contribution in [-0.4, -0.2) is 14.2 Å². The highest BCUT2D eigenvalue weighted by atomic mass is 19.1. The minimum atomic E-state index is -0.398. The van der Waals surface area contributed by atoms with Crippen LogP contribution in [0.4, 0.5) is 4.39 Å². The van der Waals surface area contributed by atoms with Gasteiger partial charge in [0.05, 0.1) is 20.3 Å². The predicted molar refractivity (Wildman–Crippen MR) is 79.8 cm³/mol.